The van der Waals surface area contributed by atoms with Crippen LogP contribution in [0.1, 0.15) is 0 Å². The maximum absolute atomic E-state index is 9.62. The van der Waals surface area contributed by atoms with Gasteiger partial charge in [0.15, 0.2) is 6.11 Å². The minimum absolute atomic E-state index is 1.33. The Labute approximate surface area is 45.4 Å². The van der Waals surface area contributed by atoms with Crippen molar-refractivity contribution in [1.82, 2.24) is 0 Å². The molecule has 0 aliphatic rings. The standard InChI is InChI=1S/C5H9OSi/c1-7(2,3)5-4-6/h1-3H3. The smallest absolute Gasteiger partial charge is 0.165 e. The lowest BCUT2D eigenvalue weighted by Gasteiger charge is -2.00. The average molecular weight is 113 g/mol. The Hall–Kier alpha value is -0.423. The normalized spacial score (nSPS) is 9.57. The minimum Gasteiger partial charge on any atom is -0.225 e. The van der Waals surface area contributed by atoms with E-state index in [9.17, 15) is 5.11 Å². The predicted octanol–water partition coefficient (Wildman–Crippen LogP) is 1.26. The molecular formula is C5H9OSi. The Morgan fingerprint density at radius 2 is 1.71 bits per heavy atom. The fourth-order valence-electron chi connectivity index (χ4n) is 0.153. The highest BCUT2D eigenvalue weighted by atomic mass is 28.3. The molecule has 0 rings (SSSR count). The van der Waals surface area contributed by atoms with Gasteiger partial charge in [-0.25, -0.2) is 5.11 Å². The lowest BCUT2D eigenvalue weighted by atomic mass is 11.3. The van der Waals surface area contributed by atoms with Crippen LogP contribution in [0.3, 0.4) is 0 Å². The van der Waals surface area contributed by atoms with Crippen molar-refractivity contribution in [3.05, 3.63) is 0 Å². The Morgan fingerprint density at radius 3 is 1.71 bits per heavy atom. The highest BCUT2D eigenvalue weighted by molar-refractivity contribution is 6.83. The molecule has 0 spiro atoms. The first kappa shape index (κ1) is 6.58. The molecule has 2 heteroatoms. The Kier molecular flexibility index (Phi) is 1.91. The van der Waals surface area contributed by atoms with E-state index >= 15 is 0 Å². The fraction of sp³-hybridized carbons (Fsp3) is 0.600. The Morgan fingerprint density at radius 1 is 1.29 bits per heavy atom. The monoisotopic (exact) mass is 113 g/mol. The molecule has 0 bridgehead atoms. The largest absolute Gasteiger partial charge is 0.225 e. The lowest BCUT2D eigenvalue weighted by molar-refractivity contribution is 0.392. The molecule has 1 radical (unpaired) electrons. The quantitative estimate of drug-likeness (QED) is 0.333. The molecule has 39 valence electrons. The molecule has 0 aliphatic carbocycles. The third-order valence-corrected chi connectivity index (χ3v) is 1.28. The van der Waals surface area contributed by atoms with E-state index in [4.69, 9.17) is 0 Å². The average Bonchev–Trinajstić information content (AvgIpc) is 1.30. The summed E-state index contributed by atoms with van der Waals surface area (Å²) in [6, 6.07) is 0. The van der Waals surface area contributed by atoms with E-state index in [1.807, 2.05) is 19.6 Å². The van der Waals surface area contributed by atoms with Crippen LogP contribution in [-0.4, -0.2) is 8.07 Å². The Bertz CT molecular complexity index is 101. The van der Waals surface area contributed by atoms with Crippen LogP contribution < -0.4 is 0 Å². The third-order valence-electron chi connectivity index (χ3n) is 0.426. The van der Waals surface area contributed by atoms with Crippen molar-refractivity contribution in [2.75, 3.05) is 0 Å². The second-order valence-corrected chi connectivity index (χ2v) is 7.23. The lowest BCUT2D eigenvalue weighted by Crippen LogP contribution is -2.16. The van der Waals surface area contributed by atoms with Crippen LogP contribution in [0.15, 0.2) is 0 Å². The van der Waals surface area contributed by atoms with E-state index in [1.165, 1.54) is 0 Å². The molecule has 0 amide bonds. The van der Waals surface area contributed by atoms with E-state index in [1.54, 1.807) is 6.11 Å². The first-order valence-electron chi connectivity index (χ1n) is 2.20. The summed E-state index contributed by atoms with van der Waals surface area (Å²) in [5, 5.41) is 9.62. The van der Waals surface area contributed by atoms with E-state index in [0.29, 0.717) is 0 Å². The molecule has 0 N–H and O–H groups in total. The van der Waals surface area contributed by atoms with Crippen LogP contribution in [0, 0.1) is 11.7 Å². The van der Waals surface area contributed by atoms with E-state index in [-0.39, 0.29) is 0 Å². The molecule has 0 heterocycles. The summed E-state index contributed by atoms with van der Waals surface area (Å²) in [5.74, 6) is 0. The summed E-state index contributed by atoms with van der Waals surface area (Å²) in [4.78, 5) is 0. The second-order valence-electron chi connectivity index (χ2n) is 2.48. The number of hydrogen-bond acceptors (Lipinski definition) is 0. The first-order chi connectivity index (χ1) is 3.06. The molecule has 0 aromatic heterocycles. The van der Waals surface area contributed by atoms with Crippen LogP contribution in [0.25, 0.3) is 0 Å². The first-order valence-corrected chi connectivity index (χ1v) is 5.70. The topological polar surface area (TPSA) is 19.9 Å². The zero-order valence-electron chi connectivity index (χ0n) is 4.91. The van der Waals surface area contributed by atoms with Crippen molar-refractivity contribution in [3.63, 3.8) is 0 Å². The predicted molar refractivity (Wildman–Crippen MR) is 31.8 cm³/mol. The molecule has 0 fully saturated rings. The second kappa shape index (κ2) is 2.03. The van der Waals surface area contributed by atoms with Crippen molar-refractivity contribution >= 4 is 8.07 Å². The molecule has 1 nitrogen and oxygen atoms in total. The van der Waals surface area contributed by atoms with Crippen LogP contribution in [0.4, 0.5) is 0 Å². The van der Waals surface area contributed by atoms with Gasteiger partial charge in [-0.1, -0.05) is 25.2 Å². The summed E-state index contributed by atoms with van der Waals surface area (Å²) in [7, 11) is -1.33. The highest BCUT2D eigenvalue weighted by Gasteiger charge is 2.07. The van der Waals surface area contributed by atoms with Gasteiger partial charge in [0.05, 0.1) is 0 Å². The van der Waals surface area contributed by atoms with Gasteiger partial charge in [-0.3, -0.25) is 0 Å². The van der Waals surface area contributed by atoms with Crippen LogP contribution in [0.5, 0.6) is 0 Å². The van der Waals surface area contributed by atoms with Gasteiger partial charge >= 0.3 is 0 Å². The van der Waals surface area contributed by atoms with Gasteiger partial charge in [-0.2, -0.15) is 0 Å². The molecule has 0 atom stereocenters. The highest BCUT2D eigenvalue weighted by Crippen LogP contribution is 1.94. The van der Waals surface area contributed by atoms with Crippen LogP contribution in [-0.2, 0) is 5.11 Å². The van der Waals surface area contributed by atoms with E-state index in [2.05, 4.69) is 5.54 Å². The SMILES string of the molecule is C[Si](C)(C)C#C[O]. The Balaban J connectivity index is 3.72. The maximum atomic E-state index is 9.62. The summed E-state index contributed by atoms with van der Waals surface area (Å²) in [6.07, 6.45) is 1.67. The molecule has 0 aromatic rings. The summed E-state index contributed by atoms with van der Waals surface area (Å²) in [6.45, 7) is 6.12. The van der Waals surface area contributed by atoms with E-state index < -0.39 is 8.07 Å². The van der Waals surface area contributed by atoms with Crippen molar-refractivity contribution in [1.29, 1.82) is 0 Å². The number of rotatable bonds is 0. The zero-order valence-corrected chi connectivity index (χ0v) is 5.91. The van der Waals surface area contributed by atoms with Gasteiger partial charge in [-0.15, -0.1) is 0 Å². The van der Waals surface area contributed by atoms with Crippen LogP contribution in [0.2, 0.25) is 19.6 Å². The molecule has 0 aromatic carbocycles. The van der Waals surface area contributed by atoms with Crippen molar-refractivity contribution in [2.45, 2.75) is 19.6 Å². The van der Waals surface area contributed by atoms with Gasteiger partial charge in [0.25, 0.3) is 0 Å². The summed E-state index contributed by atoms with van der Waals surface area (Å²) in [5.41, 5.74) is 2.62. The molecular weight excluding hydrogens is 104 g/mol. The van der Waals surface area contributed by atoms with Crippen LogP contribution >= 0.6 is 0 Å². The fourth-order valence-corrected chi connectivity index (χ4v) is 0.459. The minimum atomic E-state index is -1.33. The summed E-state index contributed by atoms with van der Waals surface area (Å²) >= 11 is 0. The van der Waals surface area contributed by atoms with Gasteiger partial charge in [-0.05, 0) is 0 Å². The van der Waals surface area contributed by atoms with Gasteiger partial charge in [0.2, 0.25) is 0 Å². The summed E-state index contributed by atoms with van der Waals surface area (Å²) < 4.78 is 0. The zero-order chi connectivity index (χ0) is 5.91. The van der Waals surface area contributed by atoms with Gasteiger partial charge in [0.1, 0.15) is 8.07 Å². The van der Waals surface area contributed by atoms with Gasteiger partial charge in [0, 0.05) is 0 Å². The molecule has 0 aliphatic heterocycles. The van der Waals surface area contributed by atoms with Crippen molar-refractivity contribution < 1.29 is 5.11 Å². The van der Waals surface area contributed by atoms with E-state index in [0.717, 1.165) is 0 Å². The molecule has 0 unspecified atom stereocenters. The van der Waals surface area contributed by atoms with Crippen molar-refractivity contribution in [3.8, 4) is 11.7 Å². The molecule has 0 saturated heterocycles. The maximum Gasteiger partial charge on any atom is 0.165 e. The van der Waals surface area contributed by atoms with Crippen molar-refractivity contribution in [2.24, 2.45) is 0 Å². The third kappa shape index (κ3) is 5.58. The number of hydrogen-bond donors (Lipinski definition) is 0. The molecule has 7 heavy (non-hydrogen) atoms. The molecule has 0 saturated carbocycles. The van der Waals surface area contributed by atoms with Gasteiger partial charge < -0.3 is 0 Å².